The van der Waals surface area contributed by atoms with Gasteiger partial charge in [0.05, 0.1) is 6.61 Å². The normalized spacial score (nSPS) is 18.8. The summed E-state index contributed by atoms with van der Waals surface area (Å²) in [7, 11) is 0. The number of rotatable bonds is 13. The molecule has 1 aliphatic carbocycles. The predicted octanol–water partition coefficient (Wildman–Crippen LogP) is 8.03. The first-order chi connectivity index (χ1) is 15.3. The number of aryl methyl sites for hydroxylation is 1. The van der Waals surface area contributed by atoms with E-state index in [-0.39, 0.29) is 0 Å². The molecule has 0 atom stereocenters. The minimum atomic E-state index is 0.718. The number of aromatic nitrogens is 2. The van der Waals surface area contributed by atoms with Gasteiger partial charge in [-0.05, 0) is 67.3 Å². The van der Waals surface area contributed by atoms with Crippen molar-refractivity contribution < 1.29 is 4.74 Å². The van der Waals surface area contributed by atoms with Gasteiger partial charge in [-0.25, -0.2) is 9.97 Å². The van der Waals surface area contributed by atoms with Crippen molar-refractivity contribution in [2.45, 2.75) is 97.3 Å². The van der Waals surface area contributed by atoms with E-state index in [1.807, 2.05) is 12.4 Å². The summed E-state index contributed by atoms with van der Waals surface area (Å²) in [6.45, 7) is 5.39. The Kier molecular flexibility index (Phi) is 10.3. The number of hydrogen-bond acceptors (Lipinski definition) is 3. The van der Waals surface area contributed by atoms with Crippen LogP contribution in [0.5, 0.6) is 5.75 Å². The van der Waals surface area contributed by atoms with Crippen LogP contribution in [0.15, 0.2) is 36.7 Å². The zero-order chi connectivity index (χ0) is 21.7. The van der Waals surface area contributed by atoms with Crippen molar-refractivity contribution in [3.8, 4) is 17.1 Å². The van der Waals surface area contributed by atoms with Crippen LogP contribution in [0.1, 0.15) is 96.5 Å². The zero-order valence-corrected chi connectivity index (χ0v) is 19.8. The number of ether oxygens (including phenoxy) is 1. The highest BCUT2D eigenvalue weighted by Gasteiger charge is 2.21. The molecule has 0 spiro atoms. The first-order valence-electron chi connectivity index (χ1n) is 12.8. The molecule has 1 aromatic heterocycles. The van der Waals surface area contributed by atoms with E-state index in [0.717, 1.165) is 42.0 Å². The third-order valence-electron chi connectivity index (χ3n) is 6.80. The molecule has 0 aliphatic heterocycles. The molecule has 3 heteroatoms. The maximum Gasteiger partial charge on any atom is 0.159 e. The van der Waals surface area contributed by atoms with Gasteiger partial charge in [0.1, 0.15) is 5.75 Å². The molecule has 1 fully saturated rings. The molecule has 0 bridgehead atoms. The van der Waals surface area contributed by atoms with Gasteiger partial charge in [0.15, 0.2) is 5.82 Å². The first-order valence-corrected chi connectivity index (χ1v) is 12.8. The quantitative estimate of drug-likeness (QED) is 0.306. The Balaban J connectivity index is 1.39. The molecule has 1 saturated carbocycles. The van der Waals surface area contributed by atoms with Crippen LogP contribution in [0.4, 0.5) is 0 Å². The summed E-state index contributed by atoms with van der Waals surface area (Å²) in [6.07, 6.45) is 21.2. The second kappa shape index (κ2) is 13.5. The van der Waals surface area contributed by atoms with Gasteiger partial charge >= 0.3 is 0 Å². The van der Waals surface area contributed by atoms with Crippen molar-refractivity contribution in [2.24, 2.45) is 11.8 Å². The summed E-state index contributed by atoms with van der Waals surface area (Å²) >= 11 is 0. The second-order valence-electron chi connectivity index (χ2n) is 9.44. The van der Waals surface area contributed by atoms with Gasteiger partial charge < -0.3 is 4.74 Å². The highest BCUT2D eigenvalue weighted by molar-refractivity contribution is 5.55. The standard InChI is InChI=1S/C28H42N2O/c1-3-5-7-9-11-25-20-29-28(30-21-25)26-16-18-27(19-17-26)31-22-24-14-12-23(13-15-24)10-8-6-4-2/h16-21,23-24H,3-15,22H2,1-2H3/t23-,24-. The van der Waals surface area contributed by atoms with Crippen molar-refractivity contribution in [1.82, 2.24) is 9.97 Å². The van der Waals surface area contributed by atoms with Gasteiger partial charge in [-0.15, -0.1) is 0 Å². The Hall–Kier alpha value is -1.90. The van der Waals surface area contributed by atoms with Crippen molar-refractivity contribution in [3.63, 3.8) is 0 Å². The van der Waals surface area contributed by atoms with Crippen molar-refractivity contribution in [3.05, 3.63) is 42.2 Å². The van der Waals surface area contributed by atoms with Gasteiger partial charge in [0.25, 0.3) is 0 Å². The monoisotopic (exact) mass is 422 g/mol. The fourth-order valence-electron chi connectivity index (χ4n) is 4.67. The van der Waals surface area contributed by atoms with E-state index in [0.29, 0.717) is 0 Å². The molecule has 1 heterocycles. The molecule has 31 heavy (non-hydrogen) atoms. The van der Waals surface area contributed by atoms with Crippen LogP contribution in [0.2, 0.25) is 0 Å². The summed E-state index contributed by atoms with van der Waals surface area (Å²) in [5, 5.41) is 0. The van der Waals surface area contributed by atoms with Crippen molar-refractivity contribution in [1.29, 1.82) is 0 Å². The lowest BCUT2D eigenvalue weighted by Crippen LogP contribution is -2.20. The van der Waals surface area contributed by atoms with Crippen LogP contribution >= 0.6 is 0 Å². The van der Waals surface area contributed by atoms with Gasteiger partial charge in [-0.2, -0.15) is 0 Å². The minimum Gasteiger partial charge on any atom is -0.493 e. The fourth-order valence-corrected chi connectivity index (χ4v) is 4.67. The van der Waals surface area contributed by atoms with E-state index >= 15 is 0 Å². The summed E-state index contributed by atoms with van der Waals surface area (Å²) in [4.78, 5) is 9.16. The molecular weight excluding hydrogens is 380 g/mol. The lowest BCUT2D eigenvalue weighted by Gasteiger charge is -2.28. The average molecular weight is 423 g/mol. The summed E-state index contributed by atoms with van der Waals surface area (Å²) in [5.41, 5.74) is 2.29. The van der Waals surface area contributed by atoms with E-state index in [1.165, 1.54) is 82.6 Å². The summed E-state index contributed by atoms with van der Waals surface area (Å²) in [6, 6.07) is 8.29. The largest absolute Gasteiger partial charge is 0.493 e. The molecule has 0 unspecified atom stereocenters. The maximum atomic E-state index is 6.11. The van der Waals surface area contributed by atoms with Crippen LogP contribution in [0.3, 0.4) is 0 Å². The van der Waals surface area contributed by atoms with Gasteiger partial charge in [-0.1, -0.05) is 71.6 Å². The van der Waals surface area contributed by atoms with Crippen LogP contribution in [-0.4, -0.2) is 16.6 Å². The maximum absolute atomic E-state index is 6.11. The lowest BCUT2D eigenvalue weighted by molar-refractivity contribution is 0.177. The van der Waals surface area contributed by atoms with Crippen LogP contribution in [-0.2, 0) is 6.42 Å². The molecule has 170 valence electrons. The first kappa shape index (κ1) is 23.8. The molecule has 0 radical (unpaired) electrons. The van der Waals surface area contributed by atoms with Crippen LogP contribution in [0.25, 0.3) is 11.4 Å². The fraction of sp³-hybridized carbons (Fsp3) is 0.643. The number of nitrogens with zero attached hydrogens (tertiary/aromatic N) is 2. The van der Waals surface area contributed by atoms with Gasteiger partial charge in [0.2, 0.25) is 0 Å². The minimum absolute atomic E-state index is 0.718. The SMILES string of the molecule is CCCCCCc1cnc(-c2ccc(OC[C@H]3CC[C@H](CCCCC)CC3)cc2)nc1. The average Bonchev–Trinajstić information content (AvgIpc) is 2.82. The van der Waals surface area contributed by atoms with Crippen molar-refractivity contribution >= 4 is 0 Å². The topological polar surface area (TPSA) is 35.0 Å². The Morgan fingerprint density at radius 3 is 2.10 bits per heavy atom. The molecule has 2 aromatic rings. The van der Waals surface area contributed by atoms with E-state index in [9.17, 15) is 0 Å². The Morgan fingerprint density at radius 1 is 0.774 bits per heavy atom. The molecule has 1 aromatic carbocycles. The van der Waals surface area contributed by atoms with E-state index in [1.54, 1.807) is 0 Å². The lowest BCUT2D eigenvalue weighted by atomic mass is 9.80. The number of unbranched alkanes of at least 4 members (excludes halogenated alkanes) is 5. The molecule has 3 nitrogen and oxygen atoms in total. The second-order valence-corrected chi connectivity index (χ2v) is 9.44. The molecule has 0 N–H and O–H groups in total. The molecule has 3 rings (SSSR count). The highest BCUT2D eigenvalue weighted by atomic mass is 16.5. The summed E-state index contributed by atoms with van der Waals surface area (Å²) in [5.74, 6) is 3.44. The zero-order valence-electron chi connectivity index (χ0n) is 19.8. The molecular formula is C28H42N2O. The Bertz CT molecular complexity index is 718. The van der Waals surface area contributed by atoms with E-state index < -0.39 is 0 Å². The Morgan fingerprint density at radius 2 is 1.42 bits per heavy atom. The number of hydrogen-bond donors (Lipinski definition) is 0. The third kappa shape index (κ3) is 8.27. The molecule has 0 amide bonds. The smallest absolute Gasteiger partial charge is 0.159 e. The van der Waals surface area contributed by atoms with E-state index in [2.05, 4.69) is 48.1 Å². The Labute approximate surface area is 190 Å². The highest BCUT2D eigenvalue weighted by Crippen LogP contribution is 2.32. The van der Waals surface area contributed by atoms with Gasteiger partial charge in [0, 0.05) is 18.0 Å². The van der Waals surface area contributed by atoms with E-state index in [4.69, 9.17) is 4.74 Å². The van der Waals surface area contributed by atoms with Crippen molar-refractivity contribution in [2.75, 3.05) is 6.61 Å². The summed E-state index contributed by atoms with van der Waals surface area (Å²) < 4.78 is 6.11. The van der Waals surface area contributed by atoms with Crippen LogP contribution < -0.4 is 4.74 Å². The molecule has 1 aliphatic rings. The number of benzene rings is 1. The van der Waals surface area contributed by atoms with Crippen LogP contribution in [0, 0.1) is 11.8 Å². The predicted molar refractivity (Wildman–Crippen MR) is 130 cm³/mol. The van der Waals surface area contributed by atoms with Gasteiger partial charge in [-0.3, -0.25) is 0 Å². The third-order valence-corrected chi connectivity index (χ3v) is 6.80. The molecule has 0 saturated heterocycles.